The minimum absolute atomic E-state index is 0.0152. The van der Waals surface area contributed by atoms with Crippen molar-refractivity contribution in [3.05, 3.63) is 39.4 Å². The fraction of sp³-hybridized carbons (Fsp3) is 0.444. The maximum Gasteiger partial charge on any atom is 0.341 e. The van der Waals surface area contributed by atoms with Gasteiger partial charge in [0.05, 0.1) is 11.2 Å². The molecule has 3 heterocycles. The zero-order valence-corrected chi connectivity index (χ0v) is 14.0. The SMILES string of the molecule is CC1CCc2c(N3CCC(N)C3)c(F)cc3c(=O)c(C(=O)O)cn1c23. The van der Waals surface area contributed by atoms with Gasteiger partial charge in [0.1, 0.15) is 11.4 Å². The van der Waals surface area contributed by atoms with Gasteiger partial charge in [-0.05, 0) is 32.3 Å². The van der Waals surface area contributed by atoms with E-state index in [-0.39, 0.29) is 23.0 Å². The van der Waals surface area contributed by atoms with Crippen LogP contribution in [0.3, 0.4) is 0 Å². The van der Waals surface area contributed by atoms with E-state index in [0.29, 0.717) is 30.7 Å². The quantitative estimate of drug-likeness (QED) is 0.868. The smallest absolute Gasteiger partial charge is 0.341 e. The molecule has 7 heteroatoms. The third-order valence-corrected chi connectivity index (χ3v) is 5.40. The number of rotatable bonds is 2. The lowest BCUT2D eigenvalue weighted by atomic mass is 9.93. The summed E-state index contributed by atoms with van der Waals surface area (Å²) in [6, 6.07) is 1.26. The van der Waals surface area contributed by atoms with Crippen molar-refractivity contribution in [3.63, 3.8) is 0 Å². The van der Waals surface area contributed by atoms with Crippen molar-refractivity contribution in [2.45, 2.75) is 38.3 Å². The summed E-state index contributed by atoms with van der Waals surface area (Å²) in [6.45, 7) is 3.25. The Labute approximate surface area is 143 Å². The molecule has 3 N–H and O–H groups in total. The van der Waals surface area contributed by atoms with Crippen LogP contribution in [0.15, 0.2) is 17.1 Å². The van der Waals surface area contributed by atoms with E-state index in [0.717, 1.165) is 18.4 Å². The fourth-order valence-corrected chi connectivity index (χ4v) is 4.12. The molecule has 132 valence electrons. The Hall–Kier alpha value is -2.41. The van der Waals surface area contributed by atoms with Crippen molar-refractivity contribution in [2.75, 3.05) is 18.0 Å². The molecule has 1 aromatic carbocycles. The Morgan fingerprint density at radius 2 is 2.16 bits per heavy atom. The highest BCUT2D eigenvalue weighted by atomic mass is 19.1. The molecule has 2 aromatic rings. The average Bonchev–Trinajstić information content (AvgIpc) is 2.98. The maximum absolute atomic E-state index is 14.9. The molecule has 2 unspecified atom stereocenters. The van der Waals surface area contributed by atoms with Gasteiger partial charge in [0, 0.05) is 42.3 Å². The van der Waals surface area contributed by atoms with Crippen molar-refractivity contribution in [2.24, 2.45) is 5.73 Å². The summed E-state index contributed by atoms with van der Waals surface area (Å²) in [5.41, 5.74) is 6.99. The van der Waals surface area contributed by atoms with Gasteiger partial charge in [-0.25, -0.2) is 9.18 Å². The van der Waals surface area contributed by atoms with Crippen LogP contribution in [0.4, 0.5) is 10.1 Å². The number of hydrogen-bond acceptors (Lipinski definition) is 4. The Morgan fingerprint density at radius 3 is 2.80 bits per heavy atom. The van der Waals surface area contributed by atoms with Crippen LogP contribution in [-0.4, -0.2) is 34.8 Å². The van der Waals surface area contributed by atoms with Crippen molar-refractivity contribution >= 4 is 22.6 Å². The molecule has 0 radical (unpaired) electrons. The molecule has 0 saturated carbocycles. The zero-order valence-electron chi connectivity index (χ0n) is 14.0. The predicted octanol–water partition coefficient (Wildman–Crippen LogP) is 1.88. The summed E-state index contributed by atoms with van der Waals surface area (Å²) in [5, 5.41) is 9.46. The van der Waals surface area contributed by atoms with E-state index in [2.05, 4.69) is 0 Å². The van der Waals surface area contributed by atoms with Gasteiger partial charge >= 0.3 is 5.97 Å². The van der Waals surface area contributed by atoms with Crippen molar-refractivity contribution in [3.8, 4) is 0 Å². The monoisotopic (exact) mass is 345 g/mol. The Balaban J connectivity index is 2.07. The first-order valence-electron chi connectivity index (χ1n) is 8.52. The highest BCUT2D eigenvalue weighted by Gasteiger charge is 2.30. The van der Waals surface area contributed by atoms with Gasteiger partial charge in [0.2, 0.25) is 5.43 Å². The number of aryl methyl sites for hydroxylation is 1. The number of benzene rings is 1. The van der Waals surface area contributed by atoms with Crippen LogP contribution in [0.1, 0.15) is 41.7 Å². The molecular weight excluding hydrogens is 325 g/mol. The minimum Gasteiger partial charge on any atom is -0.477 e. The molecule has 2 atom stereocenters. The van der Waals surface area contributed by atoms with E-state index in [4.69, 9.17) is 5.73 Å². The van der Waals surface area contributed by atoms with Crippen molar-refractivity contribution in [1.82, 2.24) is 4.57 Å². The number of nitrogens with zero attached hydrogens (tertiary/aromatic N) is 2. The summed E-state index contributed by atoms with van der Waals surface area (Å²) in [4.78, 5) is 25.9. The van der Waals surface area contributed by atoms with Crippen LogP contribution < -0.4 is 16.1 Å². The van der Waals surface area contributed by atoms with Gasteiger partial charge in [0.25, 0.3) is 0 Å². The second-order valence-electron chi connectivity index (χ2n) is 7.05. The van der Waals surface area contributed by atoms with Gasteiger partial charge in [-0.15, -0.1) is 0 Å². The minimum atomic E-state index is -1.29. The van der Waals surface area contributed by atoms with Crippen LogP contribution in [0, 0.1) is 5.82 Å². The van der Waals surface area contributed by atoms with Crippen LogP contribution in [0.5, 0.6) is 0 Å². The lowest BCUT2D eigenvalue weighted by molar-refractivity contribution is 0.0694. The topological polar surface area (TPSA) is 88.6 Å². The predicted molar refractivity (Wildman–Crippen MR) is 93.0 cm³/mol. The first-order chi connectivity index (χ1) is 11.9. The van der Waals surface area contributed by atoms with E-state index in [1.807, 2.05) is 16.4 Å². The van der Waals surface area contributed by atoms with E-state index in [1.54, 1.807) is 0 Å². The fourth-order valence-electron chi connectivity index (χ4n) is 4.12. The van der Waals surface area contributed by atoms with Crippen LogP contribution in [-0.2, 0) is 6.42 Å². The average molecular weight is 345 g/mol. The van der Waals surface area contributed by atoms with Gasteiger partial charge in [-0.3, -0.25) is 4.79 Å². The lowest BCUT2D eigenvalue weighted by Gasteiger charge is -2.31. The molecule has 1 saturated heterocycles. The van der Waals surface area contributed by atoms with E-state index >= 15 is 0 Å². The normalized spacial score (nSPS) is 22.6. The van der Waals surface area contributed by atoms with Gasteiger partial charge < -0.3 is 20.3 Å². The summed E-state index contributed by atoms with van der Waals surface area (Å²) in [5.74, 6) is -1.76. The number of aromatic carboxylic acids is 1. The van der Waals surface area contributed by atoms with Gasteiger partial charge in [-0.2, -0.15) is 0 Å². The number of carbonyl (C=O) groups is 1. The molecule has 4 rings (SSSR count). The summed E-state index contributed by atoms with van der Waals surface area (Å²) >= 11 is 0. The molecule has 0 aliphatic carbocycles. The number of halogens is 1. The molecule has 2 aliphatic rings. The molecule has 0 bridgehead atoms. The lowest BCUT2D eigenvalue weighted by Crippen LogP contribution is -2.30. The molecule has 0 amide bonds. The highest BCUT2D eigenvalue weighted by molar-refractivity contribution is 5.95. The van der Waals surface area contributed by atoms with Crippen LogP contribution in [0.2, 0.25) is 0 Å². The maximum atomic E-state index is 14.9. The number of carboxylic acid groups (broad SMARTS) is 1. The third-order valence-electron chi connectivity index (χ3n) is 5.40. The molecule has 1 aromatic heterocycles. The number of aromatic nitrogens is 1. The van der Waals surface area contributed by atoms with Crippen LogP contribution >= 0.6 is 0 Å². The molecule has 2 aliphatic heterocycles. The Kier molecular flexibility index (Phi) is 3.57. The number of pyridine rings is 1. The molecule has 1 fully saturated rings. The summed E-state index contributed by atoms with van der Waals surface area (Å²) in [7, 11) is 0. The van der Waals surface area contributed by atoms with Gasteiger partial charge in [0.15, 0.2) is 0 Å². The summed E-state index contributed by atoms with van der Waals surface area (Å²) < 4.78 is 16.8. The van der Waals surface area contributed by atoms with E-state index in [9.17, 15) is 19.1 Å². The molecular formula is C18H20FN3O3. The Morgan fingerprint density at radius 1 is 1.40 bits per heavy atom. The van der Waals surface area contributed by atoms with Crippen LogP contribution in [0.25, 0.3) is 10.9 Å². The third kappa shape index (κ3) is 2.33. The largest absolute Gasteiger partial charge is 0.477 e. The highest BCUT2D eigenvalue weighted by Crippen LogP contribution is 2.38. The number of anilines is 1. The molecule has 0 spiro atoms. The first-order valence-corrected chi connectivity index (χ1v) is 8.52. The Bertz CT molecular complexity index is 953. The standard InChI is InChI=1S/C18H20FN3O3/c1-9-2-3-11-15-12(17(23)13(18(24)25)8-22(9)15)6-14(19)16(11)21-5-4-10(20)7-21/h6,8-10H,2-5,7,20H2,1H3,(H,24,25). The second kappa shape index (κ2) is 5.56. The van der Waals surface area contributed by atoms with Crippen molar-refractivity contribution in [1.29, 1.82) is 0 Å². The number of carboxylic acids is 1. The molecule has 6 nitrogen and oxygen atoms in total. The number of hydrogen-bond donors (Lipinski definition) is 2. The van der Waals surface area contributed by atoms with E-state index < -0.39 is 17.2 Å². The summed E-state index contributed by atoms with van der Waals surface area (Å²) in [6.07, 6.45) is 3.62. The second-order valence-corrected chi connectivity index (χ2v) is 7.05. The van der Waals surface area contributed by atoms with Gasteiger partial charge in [-0.1, -0.05) is 0 Å². The number of nitrogens with two attached hydrogens (primary N) is 1. The zero-order chi connectivity index (χ0) is 17.9. The van der Waals surface area contributed by atoms with E-state index in [1.165, 1.54) is 12.3 Å². The molecule has 25 heavy (non-hydrogen) atoms. The first kappa shape index (κ1) is 16.1. The van der Waals surface area contributed by atoms with Crippen molar-refractivity contribution < 1.29 is 14.3 Å².